The number of hydrogen-bond donors (Lipinski definition) is 0. The second-order valence-electron chi connectivity index (χ2n) is 29.7. The molecule has 0 unspecified atom stereocenters. The molecule has 0 aliphatic carbocycles. The number of para-hydroxylation sites is 4. The summed E-state index contributed by atoms with van der Waals surface area (Å²) in [7, 11) is -5.42. The highest BCUT2D eigenvalue weighted by Crippen LogP contribution is 2.50. The Balaban J connectivity index is 0.000000145. The lowest BCUT2D eigenvalue weighted by Gasteiger charge is -2.35. The van der Waals surface area contributed by atoms with Crippen molar-refractivity contribution < 1.29 is 0 Å². The number of hydrogen-bond acceptors (Lipinski definition) is 4. The van der Waals surface area contributed by atoms with Gasteiger partial charge in [-0.15, -0.1) is 22.7 Å². The van der Waals surface area contributed by atoms with Gasteiger partial charge in [0.2, 0.25) is 0 Å². The second kappa shape index (κ2) is 29.9. The Labute approximate surface area is 684 Å². The third-order valence-corrected chi connectivity index (χ3v) is 35.4. The van der Waals surface area contributed by atoms with Crippen LogP contribution in [0, 0.1) is 0 Å². The van der Waals surface area contributed by atoms with Crippen molar-refractivity contribution in [1.29, 1.82) is 0 Å². The fraction of sp³-hybridized carbons (Fsp3) is 0. The van der Waals surface area contributed by atoms with Crippen LogP contribution in [0.1, 0.15) is 0 Å². The first-order valence-electron chi connectivity index (χ1n) is 39.7. The minimum absolute atomic E-state index is 1.12. The van der Waals surface area contributed by atoms with E-state index in [9.17, 15) is 0 Å². The highest BCUT2D eigenvalue weighted by molar-refractivity contribution is 7.26. The van der Waals surface area contributed by atoms with E-state index in [1.165, 1.54) is 131 Å². The molecule has 8 heteroatoms. The number of fused-ring (bicyclic) bond motifs is 12. The van der Waals surface area contributed by atoms with E-state index in [4.69, 9.17) is 0 Å². The van der Waals surface area contributed by atoms with Gasteiger partial charge >= 0.3 is 0 Å². The molecule has 0 saturated carbocycles. The summed E-state index contributed by atoms with van der Waals surface area (Å²) in [6.45, 7) is 0. The zero-order valence-electron chi connectivity index (χ0n) is 63.5. The van der Waals surface area contributed by atoms with Gasteiger partial charge in [0, 0.05) is 85.6 Å². The van der Waals surface area contributed by atoms with Crippen LogP contribution in [-0.2, 0) is 0 Å². The van der Waals surface area contributed by atoms with Crippen LogP contribution < -0.4 is 51.3 Å². The van der Waals surface area contributed by atoms with E-state index in [0.29, 0.717) is 0 Å². The SMILES string of the molecule is c1ccc(-n2c3ccccc3c3c(N(c4ccc([Si](c5ccccc5)(c5ccccc5)c5ccccc5)cc4)c4ccc5c(c4)sc4ccccc45)cccc32)cc1.c1ccc(-n2c3ccccc3c3c(N(c4ccc([Si](c5ccccc5)(c5ccccc5)c5ccccc5)cc4)c4cccc5c4sc4ccccc45)cccc32)cc1. The van der Waals surface area contributed by atoms with Crippen LogP contribution in [-0.4, -0.2) is 25.3 Å². The number of rotatable bonds is 16. The summed E-state index contributed by atoms with van der Waals surface area (Å²) < 4.78 is 9.98. The predicted molar refractivity (Wildman–Crippen MR) is 504 cm³/mol. The van der Waals surface area contributed by atoms with Gasteiger partial charge < -0.3 is 18.9 Å². The number of anilines is 6. The molecule has 0 amide bonds. The van der Waals surface area contributed by atoms with Crippen molar-refractivity contribution >= 4 is 198 Å². The molecule has 18 aromatic carbocycles. The topological polar surface area (TPSA) is 16.3 Å². The first-order chi connectivity index (χ1) is 57.6. The van der Waals surface area contributed by atoms with Gasteiger partial charge in [0.05, 0.1) is 43.8 Å². The summed E-state index contributed by atoms with van der Waals surface area (Å²) in [5.74, 6) is 0. The van der Waals surface area contributed by atoms with Gasteiger partial charge in [0.25, 0.3) is 0 Å². The van der Waals surface area contributed by atoms with Crippen molar-refractivity contribution in [3.8, 4) is 11.4 Å². The molecular formula is C108H76N4S2Si2. The van der Waals surface area contributed by atoms with Gasteiger partial charge in [-0.2, -0.15) is 0 Å². The lowest BCUT2D eigenvalue weighted by molar-refractivity contribution is 1.18. The summed E-state index contributed by atoms with van der Waals surface area (Å²) in [5.41, 5.74) is 13.9. The van der Waals surface area contributed by atoms with Crippen LogP contribution in [0.15, 0.2) is 461 Å². The molecule has 4 nitrogen and oxygen atoms in total. The summed E-state index contributed by atoms with van der Waals surface area (Å²) in [4.78, 5) is 5.00. The number of benzene rings is 18. The average molecular weight is 1550 g/mol. The van der Waals surface area contributed by atoms with Crippen LogP contribution in [0.5, 0.6) is 0 Å². The maximum atomic E-state index is 2.52. The molecule has 0 aliphatic rings. The van der Waals surface area contributed by atoms with E-state index < -0.39 is 16.1 Å². The van der Waals surface area contributed by atoms with Gasteiger partial charge in [0.1, 0.15) is 0 Å². The fourth-order valence-electron chi connectivity index (χ4n) is 18.5. The van der Waals surface area contributed by atoms with Gasteiger partial charge in [-0.1, -0.05) is 346 Å². The van der Waals surface area contributed by atoms with Crippen LogP contribution in [0.4, 0.5) is 34.1 Å². The molecule has 22 rings (SSSR count). The first kappa shape index (κ1) is 69.9. The smallest absolute Gasteiger partial charge is 0.179 e. The molecule has 0 aliphatic heterocycles. The summed E-state index contributed by atoms with van der Waals surface area (Å²) in [6.07, 6.45) is 0. The van der Waals surface area contributed by atoms with E-state index >= 15 is 0 Å². The van der Waals surface area contributed by atoms with Crippen molar-refractivity contribution in [3.05, 3.63) is 461 Å². The quantitative estimate of drug-likeness (QED) is 0.0708. The number of aromatic nitrogens is 2. The van der Waals surface area contributed by atoms with Crippen LogP contribution in [0.2, 0.25) is 0 Å². The third-order valence-electron chi connectivity index (χ3n) is 23.5. The number of nitrogens with zero attached hydrogens (tertiary/aromatic N) is 4. The van der Waals surface area contributed by atoms with Gasteiger partial charge in [0.15, 0.2) is 16.1 Å². The summed E-state index contributed by atoms with van der Waals surface area (Å²) >= 11 is 3.74. The monoisotopic (exact) mass is 1550 g/mol. The van der Waals surface area contributed by atoms with Crippen LogP contribution >= 0.6 is 22.7 Å². The third kappa shape index (κ3) is 11.7. The average Bonchev–Trinajstić information content (AvgIpc) is 1.30. The van der Waals surface area contributed by atoms with Crippen LogP contribution in [0.3, 0.4) is 0 Å². The van der Waals surface area contributed by atoms with Crippen LogP contribution in [0.25, 0.3) is 95.3 Å². The number of thiophene rings is 2. The largest absolute Gasteiger partial charge is 0.310 e. The Morgan fingerprint density at radius 1 is 0.190 bits per heavy atom. The lowest BCUT2D eigenvalue weighted by atomic mass is 10.1. The minimum atomic E-state index is -2.72. The zero-order chi connectivity index (χ0) is 76.9. The van der Waals surface area contributed by atoms with Crippen molar-refractivity contribution in [1.82, 2.24) is 9.13 Å². The van der Waals surface area contributed by atoms with E-state index in [0.717, 1.165) is 39.8 Å². The Bertz CT molecular complexity index is 7110. The molecule has 0 bridgehead atoms. The fourth-order valence-corrected chi connectivity index (χ4v) is 30.4. The van der Waals surface area contributed by atoms with Crippen molar-refractivity contribution in [2.75, 3.05) is 9.80 Å². The maximum Gasteiger partial charge on any atom is 0.179 e. The summed E-state index contributed by atoms with van der Waals surface area (Å²) in [6, 6.07) is 170. The standard InChI is InChI=1S/2C54H38N2SSi/c1-5-19-39(20-6-1)55-48-30-15-13-28-47(48)53-49(55)31-18-32-50(53)56(51-33-17-29-46-45-27-14-16-34-52(45)57-54(46)51)40-35-37-44(38-36-40)58(41-21-7-2-8-22-41,42-23-9-3-10-24-42)43-25-11-4-12-26-43;1-5-18-39(19-6-1)56-49-28-15-13-27-48(49)54-50(29-17-30-51(54)56)55(41-34-37-47-46-26-14-16-31-52(46)57-53(47)38-41)40-32-35-45(36-33-40)58(42-20-7-2-8-21-42,43-22-9-3-10-23-43)44-24-11-4-12-25-44/h2*1-38H. The van der Waals surface area contributed by atoms with E-state index in [1.807, 2.05) is 22.7 Å². The molecule has 0 radical (unpaired) electrons. The van der Waals surface area contributed by atoms with E-state index in [1.54, 1.807) is 0 Å². The minimum Gasteiger partial charge on any atom is -0.310 e. The highest BCUT2D eigenvalue weighted by Gasteiger charge is 2.43. The van der Waals surface area contributed by atoms with Crippen molar-refractivity contribution in [2.24, 2.45) is 0 Å². The molecule has 0 spiro atoms. The lowest BCUT2D eigenvalue weighted by Crippen LogP contribution is -2.74. The van der Waals surface area contributed by atoms with Crippen molar-refractivity contribution in [3.63, 3.8) is 0 Å². The molecule has 22 aromatic rings. The molecular weight excluding hydrogens is 1470 g/mol. The maximum absolute atomic E-state index is 2.72. The Morgan fingerprint density at radius 3 is 0.914 bits per heavy atom. The predicted octanol–water partition coefficient (Wildman–Crippen LogP) is 24.0. The van der Waals surface area contributed by atoms with E-state index in [2.05, 4.69) is 480 Å². The molecule has 4 aromatic heterocycles. The molecule has 0 atom stereocenters. The normalized spacial score (nSPS) is 11.8. The molecule has 0 N–H and O–H groups in total. The second-order valence-corrected chi connectivity index (χ2v) is 39.5. The summed E-state index contributed by atoms with van der Waals surface area (Å²) in [5, 5.41) is 21.0. The zero-order valence-corrected chi connectivity index (χ0v) is 67.1. The van der Waals surface area contributed by atoms with E-state index in [-0.39, 0.29) is 0 Å². The first-order valence-corrected chi connectivity index (χ1v) is 45.3. The molecule has 116 heavy (non-hydrogen) atoms. The van der Waals surface area contributed by atoms with Gasteiger partial charge in [-0.25, -0.2) is 0 Å². The van der Waals surface area contributed by atoms with Gasteiger partial charge in [-0.05, 0) is 157 Å². The molecule has 0 saturated heterocycles. The Kier molecular flexibility index (Phi) is 18.0. The highest BCUT2D eigenvalue weighted by atomic mass is 32.1. The molecule has 4 heterocycles. The Hall–Kier alpha value is -14.0. The molecule has 548 valence electrons. The molecule has 0 fully saturated rings. The Morgan fingerprint density at radius 2 is 0.483 bits per heavy atom. The van der Waals surface area contributed by atoms with Crippen molar-refractivity contribution in [2.45, 2.75) is 0 Å². The van der Waals surface area contributed by atoms with Gasteiger partial charge in [-0.3, -0.25) is 0 Å².